The molecule has 11 heavy (non-hydrogen) atoms. The van der Waals surface area contributed by atoms with Crippen LogP contribution in [0.25, 0.3) is 0 Å². The summed E-state index contributed by atoms with van der Waals surface area (Å²) in [5.41, 5.74) is 0. The van der Waals surface area contributed by atoms with Gasteiger partial charge in [-0.1, -0.05) is 13.3 Å². The summed E-state index contributed by atoms with van der Waals surface area (Å²) in [6.45, 7) is 9.20. The zero-order chi connectivity index (χ0) is 8.53. The highest BCUT2D eigenvalue weighted by atomic mass is 28.2. The average Bonchev–Trinajstić information content (AvgIpc) is 2.01. The summed E-state index contributed by atoms with van der Waals surface area (Å²) in [5.74, 6) is 0.0757. The third kappa shape index (κ3) is 6.53. The highest BCUT2D eigenvalue weighted by Gasteiger charge is 2.06. The molecule has 0 bridgehead atoms. The van der Waals surface area contributed by atoms with E-state index >= 15 is 0 Å². The van der Waals surface area contributed by atoms with Crippen molar-refractivity contribution >= 4 is 9.52 Å². The summed E-state index contributed by atoms with van der Waals surface area (Å²) in [7, 11) is -0.329. The molecule has 0 fully saturated rings. The van der Waals surface area contributed by atoms with Crippen molar-refractivity contribution in [3.8, 4) is 0 Å². The summed E-state index contributed by atoms with van der Waals surface area (Å²) >= 11 is 0. The van der Waals surface area contributed by atoms with Gasteiger partial charge in [0, 0.05) is 13.2 Å². The van der Waals surface area contributed by atoms with Crippen LogP contribution in [-0.4, -0.2) is 28.6 Å². The highest BCUT2D eigenvalue weighted by molar-refractivity contribution is 6.41. The van der Waals surface area contributed by atoms with Gasteiger partial charge >= 0.3 is 0 Å². The molecule has 0 aliphatic heterocycles. The monoisotopic (exact) mass is 174 g/mol. The highest BCUT2D eigenvalue weighted by Crippen LogP contribution is 1.95. The Bertz CT molecular complexity index is 72.5. The first-order chi connectivity index (χ1) is 5.35. The van der Waals surface area contributed by atoms with E-state index in [1.54, 1.807) is 0 Å². The SMILES string of the molecule is [CH2]C[CH][SiH2]C(OCC)OCC. The van der Waals surface area contributed by atoms with Crippen LogP contribution in [0, 0.1) is 13.0 Å². The van der Waals surface area contributed by atoms with Gasteiger partial charge in [-0.15, -0.1) is 0 Å². The maximum absolute atomic E-state index is 5.36. The average molecular weight is 174 g/mol. The molecular weight excluding hydrogens is 156 g/mol. The minimum absolute atomic E-state index is 0.0757. The van der Waals surface area contributed by atoms with Crippen molar-refractivity contribution in [2.24, 2.45) is 0 Å². The number of hydrogen-bond donors (Lipinski definition) is 0. The van der Waals surface area contributed by atoms with E-state index in [0.29, 0.717) is 0 Å². The third-order valence-electron chi connectivity index (χ3n) is 1.27. The van der Waals surface area contributed by atoms with Gasteiger partial charge < -0.3 is 9.47 Å². The third-order valence-corrected chi connectivity index (χ3v) is 2.87. The normalized spacial score (nSPS) is 12.0. The van der Waals surface area contributed by atoms with Gasteiger partial charge in [-0.05, 0) is 19.9 Å². The number of hydrogen-bond acceptors (Lipinski definition) is 2. The summed E-state index contributed by atoms with van der Waals surface area (Å²) < 4.78 is 10.7. The van der Waals surface area contributed by atoms with E-state index in [1.807, 2.05) is 13.8 Å². The van der Waals surface area contributed by atoms with Gasteiger partial charge in [0.25, 0.3) is 0 Å². The van der Waals surface area contributed by atoms with Crippen LogP contribution < -0.4 is 0 Å². The largest absolute Gasteiger partial charge is 0.357 e. The van der Waals surface area contributed by atoms with Crippen molar-refractivity contribution in [3.05, 3.63) is 13.0 Å². The minimum atomic E-state index is -0.329. The lowest BCUT2D eigenvalue weighted by Gasteiger charge is -2.15. The molecule has 0 aliphatic rings. The lowest BCUT2D eigenvalue weighted by atomic mass is 10.6. The molecule has 0 heterocycles. The lowest BCUT2D eigenvalue weighted by Crippen LogP contribution is -2.24. The van der Waals surface area contributed by atoms with E-state index in [-0.39, 0.29) is 15.4 Å². The molecule has 0 N–H and O–H groups in total. The van der Waals surface area contributed by atoms with E-state index in [1.165, 1.54) is 0 Å². The van der Waals surface area contributed by atoms with Crippen molar-refractivity contribution in [1.82, 2.24) is 0 Å². The first-order valence-electron chi connectivity index (χ1n) is 4.19. The zero-order valence-corrected chi connectivity index (χ0v) is 8.92. The Balaban J connectivity index is 3.34. The Morgan fingerprint density at radius 3 is 2.27 bits per heavy atom. The Labute approximate surface area is 72.1 Å². The van der Waals surface area contributed by atoms with Crippen LogP contribution in [0.15, 0.2) is 0 Å². The molecule has 0 aliphatic carbocycles. The molecule has 0 unspecified atom stereocenters. The smallest absolute Gasteiger partial charge is 0.135 e. The van der Waals surface area contributed by atoms with Gasteiger partial charge in [-0.2, -0.15) is 0 Å². The maximum atomic E-state index is 5.36. The molecule has 3 heteroatoms. The second-order valence-electron chi connectivity index (χ2n) is 2.15. The summed E-state index contributed by atoms with van der Waals surface area (Å²) in [5, 5.41) is 0. The van der Waals surface area contributed by atoms with Crippen LogP contribution in [-0.2, 0) is 9.47 Å². The Hall–Kier alpha value is 0.137. The van der Waals surface area contributed by atoms with Crippen LogP contribution in [0.4, 0.5) is 0 Å². The van der Waals surface area contributed by atoms with Crippen LogP contribution in [0.5, 0.6) is 0 Å². The molecule has 0 rings (SSSR count). The van der Waals surface area contributed by atoms with E-state index < -0.39 is 0 Å². The first-order valence-corrected chi connectivity index (χ1v) is 5.82. The molecule has 0 atom stereocenters. The summed E-state index contributed by atoms with van der Waals surface area (Å²) in [6.07, 6.45) is 0.892. The lowest BCUT2D eigenvalue weighted by molar-refractivity contribution is -0.0822. The van der Waals surface area contributed by atoms with Crippen LogP contribution in [0.1, 0.15) is 20.3 Å². The molecule has 0 saturated carbocycles. The number of ether oxygens (including phenoxy) is 2. The van der Waals surface area contributed by atoms with Crippen molar-refractivity contribution in [2.45, 2.75) is 26.2 Å². The van der Waals surface area contributed by atoms with Gasteiger partial charge in [0.1, 0.15) is 5.91 Å². The van der Waals surface area contributed by atoms with E-state index in [2.05, 4.69) is 13.0 Å². The fourth-order valence-electron chi connectivity index (χ4n) is 0.810. The number of rotatable bonds is 7. The molecule has 0 aromatic rings. The van der Waals surface area contributed by atoms with Gasteiger partial charge in [0.05, 0.1) is 9.52 Å². The summed E-state index contributed by atoms with van der Waals surface area (Å²) in [4.78, 5) is 0. The van der Waals surface area contributed by atoms with Crippen molar-refractivity contribution in [1.29, 1.82) is 0 Å². The Kier molecular flexibility index (Phi) is 8.34. The molecule has 0 saturated heterocycles. The standard InChI is InChI=1S/C8H18O2Si/c1-4-7-11-8(9-5-2)10-6-3/h7-8H,1,4-6,11H2,2-3H3. The van der Waals surface area contributed by atoms with Crippen molar-refractivity contribution in [3.63, 3.8) is 0 Å². The first kappa shape index (κ1) is 11.1. The van der Waals surface area contributed by atoms with Gasteiger partial charge in [-0.25, -0.2) is 0 Å². The predicted octanol–water partition coefficient (Wildman–Crippen LogP) is 0.898. The van der Waals surface area contributed by atoms with Gasteiger partial charge in [0.2, 0.25) is 0 Å². The van der Waals surface area contributed by atoms with Crippen LogP contribution in [0.3, 0.4) is 0 Å². The molecule has 0 aromatic carbocycles. The quantitative estimate of drug-likeness (QED) is 0.422. The fourth-order valence-corrected chi connectivity index (χ4v) is 2.06. The molecule has 2 nitrogen and oxygen atoms in total. The van der Waals surface area contributed by atoms with E-state index in [9.17, 15) is 0 Å². The molecular formula is C8H18O2Si. The minimum Gasteiger partial charge on any atom is -0.357 e. The van der Waals surface area contributed by atoms with Crippen LogP contribution >= 0.6 is 0 Å². The molecule has 0 aromatic heterocycles. The topological polar surface area (TPSA) is 18.5 Å². The summed E-state index contributed by atoms with van der Waals surface area (Å²) in [6, 6.07) is 2.20. The zero-order valence-electron chi connectivity index (χ0n) is 7.51. The Morgan fingerprint density at radius 2 is 1.91 bits per heavy atom. The van der Waals surface area contributed by atoms with Crippen molar-refractivity contribution < 1.29 is 9.47 Å². The molecule has 0 amide bonds. The van der Waals surface area contributed by atoms with Crippen molar-refractivity contribution in [2.75, 3.05) is 13.2 Å². The van der Waals surface area contributed by atoms with Crippen LogP contribution in [0.2, 0.25) is 0 Å². The van der Waals surface area contributed by atoms with Gasteiger partial charge in [-0.3, -0.25) is 0 Å². The second-order valence-corrected chi connectivity index (χ2v) is 3.87. The van der Waals surface area contributed by atoms with Gasteiger partial charge in [0.15, 0.2) is 0 Å². The van der Waals surface area contributed by atoms with E-state index in [0.717, 1.165) is 19.6 Å². The Morgan fingerprint density at radius 1 is 1.36 bits per heavy atom. The molecule has 0 spiro atoms. The van der Waals surface area contributed by atoms with E-state index in [4.69, 9.17) is 9.47 Å². The second kappa shape index (κ2) is 8.24. The fraction of sp³-hybridized carbons (Fsp3) is 0.750. The molecule has 2 radical (unpaired) electrons. The molecule has 66 valence electrons. The maximum Gasteiger partial charge on any atom is 0.135 e. The predicted molar refractivity (Wildman–Crippen MR) is 49.9 cm³/mol.